The molecule has 0 aromatic carbocycles. The lowest BCUT2D eigenvalue weighted by Crippen LogP contribution is -2.50. The maximum atomic E-state index is 12.9. The van der Waals surface area contributed by atoms with Gasteiger partial charge in [0.25, 0.3) is 0 Å². The largest absolute Gasteiger partial charge is 0.372 e. The molecule has 2 saturated heterocycles. The summed E-state index contributed by atoms with van der Waals surface area (Å²) < 4.78 is 7.52. The number of morpholine rings is 1. The molecular formula is C15H24N4O2. The van der Waals surface area contributed by atoms with E-state index in [2.05, 4.69) is 10.4 Å². The first-order chi connectivity index (χ1) is 10.0. The summed E-state index contributed by atoms with van der Waals surface area (Å²) in [5.74, 6) is 0.474. The summed E-state index contributed by atoms with van der Waals surface area (Å²) in [5, 5.41) is 7.59. The average molecular weight is 292 g/mol. The number of carbonyl (C=O) groups excluding carboxylic acids is 1. The van der Waals surface area contributed by atoms with Crippen LogP contribution >= 0.6 is 0 Å². The van der Waals surface area contributed by atoms with Gasteiger partial charge in [0.2, 0.25) is 5.91 Å². The normalized spacial score (nSPS) is 33.4. The van der Waals surface area contributed by atoms with Crippen LogP contribution in [0.3, 0.4) is 0 Å². The van der Waals surface area contributed by atoms with Gasteiger partial charge in [-0.25, -0.2) is 0 Å². The predicted molar refractivity (Wildman–Crippen MR) is 78.9 cm³/mol. The minimum Gasteiger partial charge on any atom is -0.372 e. The number of carbonyl (C=O) groups is 1. The minimum atomic E-state index is 0.00620. The van der Waals surface area contributed by atoms with Gasteiger partial charge >= 0.3 is 0 Å². The standard InChI is InChI=1S/C15H24N4O2/c1-10-7-19(8-11(2)21-10)15(20)14-6-16-5-13(14)12-4-17-18(3)9-12/h4,9-11,13-14,16H,5-8H2,1-3H3/t10?,11?,13-,14+/m1/s1. The summed E-state index contributed by atoms with van der Waals surface area (Å²) in [6.07, 6.45) is 4.12. The quantitative estimate of drug-likeness (QED) is 0.855. The van der Waals surface area contributed by atoms with Gasteiger partial charge in [0.15, 0.2) is 0 Å². The number of nitrogens with one attached hydrogen (secondary N) is 1. The van der Waals surface area contributed by atoms with Crippen LogP contribution in [0.15, 0.2) is 12.4 Å². The summed E-state index contributed by atoms with van der Waals surface area (Å²) in [5.41, 5.74) is 1.15. The summed E-state index contributed by atoms with van der Waals surface area (Å²) in [6.45, 7) is 7.04. The fraction of sp³-hybridized carbons (Fsp3) is 0.733. The first-order valence-corrected chi connectivity index (χ1v) is 7.68. The van der Waals surface area contributed by atoms with E-state index in [0.717, 1.165) is 18.7 Å². The Morgan fingerprint density at radius 3 is 2.67 bits per heavy atom. The first-order valence-electron chi connectivity index (χ1n) is 7.68. The van der Waals surface area contributed by atoms with E-state index in [4.69, 9.17) is 4.74 Å². The third kappa shape index (κ3) is 2.96. The molecule has 1 N–H and O–H groups in total. The Balaban J connectivity index is 1.74. The van der Waals surface area contributed by atoms with Crippen molar-refractivity contribution in [3.05, 3.63) is 18.0 Å². The van der Waals surface area contributed by atoms with Crippen LogP contribution in [0.25, 0.3) is 0 Å². The van der Waals surface area contributed by atoms with Crippen molar-refractivity contribution in [3.8, 4) is 0 Å². The molecule has 1 aromatic heterocycles. The van der Waals surface area contributed by atoms with Gasteiger partial charge in [0, 0.05) is 45.3 Å². The highest BCUT2D eigenvalue weighted by molar-refractivity contribution is 5.80. The molecule has 0 aliphatic carbocycles. The Kier molecular flexibility index (Phi) is 3.99. The van der Waals surface area contributed by atoms with Crippen molar-refractivity contribution in [3.63, 3.8) is 0 Å². The molecule has 0 spiro atoms. The second kappa shape index (κ2) is 5.77. The van der Waals surface area contributed by atoms with Gasteiger partial charge in [0.05, 0.1) is 24.3 Å². The molecule has 2 unspecified atom stereocenters. The van der Waals surface area contributed by atoms with Crippen LogP contribution in [-0.4, -0.2) is 59.0 Å². The minimum absolute atomic E-state index is 0.00620. The maximum Gasteiger partial charge on any atom is 0.227 e. The van der Waals surface area contributed by atoms with Gasteiger partial charge in [-0.05, 0) is 19.4 Å². The van der Waals surface area contributed by atoms with Gasteiger partial charge in [-0.2, -0.15) is 5.10 Å². The van der Waals surface area contributed by atoms with E-state index in [1.165, 1.54) is 0 Å². The maximum absolute atomic E-state index is 12.9. The molecule has 0 bridgehead atoms. The monoisotopic (exact) mass is 292 g/mol. The molecule has 6 nitrogen and oxygen atoms in total. The molecule has 6 heteroatoms. The van der Waals surface area contributed by atoms with Crippen molar-refractivity contribution in [2.24, 2.45) is 13.0 Å². The van der Waals surface area contributed by atoms with E-state index in [-0.39, 0.29) is 30.0 Å². The fourth-order valence-electron chi connectivity index (χ4n) is 3.51. The van der Waals surface area contributed by atoms with Gasteiger partial charge < -0.3 is 15.0 Å². The Labute approximate surface area is 125 Å². The molecule has 21 heavy (non-hydrogen) atoms. The SMILES string of the molecule is CC1CN(C(=O)[C@H]2CNC[C@@H]2c2cnn(C)c2)CC(C)O1. The second-order valence-electron chi connectivity index (χ2n) is 6.32. The van der Waals surface area contributed by atoms with Crippen molar-refractivity contribution >= 4 is 5.91 Å². The van der Waals surface area contributed by atoms with Crippen molar-refractivity contribution in [1.29, 1.82) is 0 Å². The van der Waals surface area contributed by atoms with Gasteiger partial charge in [-0.3, -0.25) is 9.48 Å². The van der Waals surface area contributed by atoms with E-state index in [1.807, 2.05) is 38.2 Å². The molecule has 0 saturated carbocycles. The predicted octanol–water partition coefficient (Wildman–Crippen LogP) is 0.359. The summed E-state index contributed by atoms with van der Waals surface area (Å²) in [4.78, 5) is 14.9. The van der Waals surface area contributed by atoms with E-state index in [0.29, 0.717) is 13.1 Å². The lowest BCUT2D eigenvalue weighted by atomic mass is 9.89. The number of amides is 1. The number of hydrogen-bond acceptors (Lipinski definition) is 4. The summed E-state index contributed by atoms with van der Waals surface area (Å²) in [7, 11) is 1.91. The number of rotatable bonds is 2. The van der Waals surface area contributed by atoms with Crippen LogP contribution in [0.1, 0.15) is 25.3 Å². The van der Waals surface area contributed by atoms with Crippen LogP contribution in [0.4, 0.5) is 0 Å². The Hall–Kier alpha value is -1.40. The lowest BCUT2D eigenvalue weighted by Gasteiger charge is -2.37. The summed E-state index contributed by atoms with van der Waals surface area (Å²) >= 11 is 0. The average Bonchev–Trinajstić information content (AvgIpc) is 3.04. The van der Waals surface area contributed by atoms with Crippen molar-refractivity contribution in [2.45, 2.75) is 32.0 Å². The zero-order valence-electron chi connectivity index (χ0n) is 13.0. The number of aromatic nitrogens is 2. The van der Waals surface area contributed by atoms with Gasteiger partial charge in [0.1, 0.15) is 0 Å². The molecule has 4 atom stereocenters. The third-order valence-electron chi connectivity index (χ3n) is 4.42. The molecule has 0 radical (unpaired) electrons. The smallest absolute Gasteiger partial charge is 0.227 e. The van der Waals surface area contributed by atoms with Crippen LogP contribution in [0.2, 0.25) is 0 Å². The number of aryl methyl sites for hydroxylation is 1. The van der Waals surface area contributed by atoms with Crippen molar-refractivity contribution in [1.82, 2.24) is 20.0 Å². The highest BCUT2D eigenvalue weighted by atomic mass is 16.5. The lowest BCUT2D eigenvalue weighted by molar-refractivity contribution is -0.147. The Morgan fingerprint density at radius 2 is 2.05 bits per heavy atom. The highest BCUT2D eigenvalue weighted by Gasteiger charge is 2.38. The third-order valence-corrected chi connectivity index (χ3v) is 4.42. The molecule has 1 aromatic rings. The number of nitrogens with zero attached hydrogens (tertiary/aromatic N) is 3. The van der Waals surface area contributed by atoms with Crippen LogP contribution in [0.5, 0.6) is 0 Å². The number of ether oxygens (including phenoxy) is 1. The fourth-order valence-corrected chi connectivity index (χ4v) is 3.51. The highest BCUT2D eigenvalue weighted by Crippen LogP contribution is 2.30. The zero-order valence-corrected chi connectivity index (χ0v) is 13.0. The first kappa shape index (κ1) is 14.5. The molecule has 116 valence electrons. The van der Waals surface area contributed by atoms with E-state index < -0.39 is 0 Å². The van der Waals surface area contributed by atoms with E-state index >= 15 is 0 Å². The Bertz CT molecular complexity index is 506. The van der Waals surface area contributed by atoms with Gasteiger partial charge in [-0.1, -0.05) is 0 Å². The molecule has 2 aliphatic heterocycles. The number of hydrogen-bond donors (Lipinski definition) is 1. The Morgan fingerprint density at radius 1 is 1.33 bits per heavy atom. The summed E-state index contributed by atoms with van der Waals surface area (Å²) in [6, 6.07) is 0. The van der Waals surface area contributed by atoms with Gasteiger partial charge in [-0.15, -0.1) is 0 Å². The molecule has 2 fully saturated rings. The molecule has 1 amide bonds. The van der Waals surface area contributed by atoms with Crippen LogP contribution in [-0.2, 0) is 16.6 Å². The molecule has 3 heterocycles. The van der Waals surface area contributed by atoms with E-state index in [9.17, 15) is 4.79 Å². The topological polar surface area (TPSA) is 59.4 Å². The van der Waals surface area contributed by atoms with E-state index in [1.54, 1.807) is 4.68 Å². The zero-order chi connectivity index (χ0) is 15.0. The second-order valence-corrected chi connectivity index (χ2v) is 6.32. The van der Waals surface area contributed by atoms with Crippen molar-refractivity contribution < 1.29 is 9.53 Å². The van der Waals surface area contributed by atoms with Crippen LogP contribution < -0.4 is 5.32 Å². The molecular weight excluding hydrogens is 268 g/mol. The molecule has 3 rings (SSSR count). The molecule has 2 aliphatic rings. The van der Waals surface area contributed by atoms with Crippen LogP contribution in [0, 0.1) is 5.92 Å². The van der Waals surface area contributed by atoms with Crippen molar-refractivity contribution in [2.75, 3.05) is 26.2 Å².